The van der Waals surface area contributed by atoms with Gasteiger partial charge in [0.15, 0.2) is 0 Å². The molecule has 136 valence electrons. The average Bonchev–Trinajstić information content (AvgIpc) is 3.32. The molecule has 0 bridgehead atoms. The number of rotatable bonds is 5. The third-order valence-corrected chi connectivity index (χ3v) is 4.68. The van der Waals surface area contributed by atoms with E-state index in [9.17, 15) is 4.79 Å². The van der Waals surface area contributed by atoms with E-state index in [1.54, 1.807) is 12.4 Å². The molecule has 0 fully saturated rings. The Hall–Kier alpha value is -3.12. The molecule has 0 spiro atoms. The smallest absolute Gasteiger partial charge is 0.253 e. The van der Waals surface area contributed by atoms with Crippen molar-refractivity contribution in [3.8, 4) is 5.69 Å². The van der Waals surface area contributed by atoms with Gasteiger partial charge in [-0.1, -0.05) is 23.2 Å². The Balaban J connectivity index is 1.50. The fourth-order valence-corrected chi connectivity index (χ4v) is 3.28. The highest BCUT2D eigenvalue weighted by Crippen LogP contribution is 2.22. The average molecular weight is 380 g/mol. The zero-order valence-corrected chi connectivity index (χ0v) is 15.5. The molecule has 7 heteroatoms. The number of aryl methyl sites for hydroxylation is 1. The first-order chi connectivity index (χ1) is 13.1. The first-order valence-corrected chi connectivity index (χ1v) is 9.00. The number of hydrogen-bond acceptors (Lipinski definition) is 3. The van der Waals surface area contributed by atoms with Gasteiger partial charge in [-0.05, 0) is 49.2 Å². The molecule has 0 aliphatic heterocycles. The molecule has 4 rings (SSSR count). The maximum absolute atomic E-state index is 12.8. The van der Waals surface area contributed by atoms with Gasteiger partial charge in [0.25, 0.3) is 5.91 Å². The summed E-state index contributed by atoms with van der Waals surface area (Å²) in [6.45, 7) is 2.46. The van der Waals surface area contributed by atoms with Gasteiger partial charge in [0.2, 0.25) is 0 Å². The largest absolute Gasteiger partial charge is 0.361 e. The summed E-state index contributed by atoms with van der Waals surface area (Å²) in [6.07, 6.45) is 5.83. The van der Waals surface area contributed by atoms with E-state index in [2.05, 4.69) is 20.5 Å². The van der Waals surface area contributed by atoms with E-state index in [1.807, 2.05) is 49.5 Å². The van der Waals surface area contributed by atoms with Crippen molar-refractivity contribution in [2.45, 2.75) is 13.3 Å². The summed E-state index contributed by atoms with van der Waals surface area (Å²) >= 11 is 6.10. The molecule has 27 heavy (non-hydrogen) atoms. The molecular weight excluding hydrogens is 362 g/mol. The molecule has 6 nitrogen and oxygen atoms in total. The normalized spacial score (nSPS) is 11.0. The summed E-state index contributed by atoms with van der Waals surface area (Å²) in [5.41, 5.74) is 4.36. The molecule has 4 aromatic rings. The van der Waals surface area contributed by atoms with E-state index in [0.29, 0.717) is 29.2 Å². The quantitative estimate of drug-likeness (QED) is 0.555. The number of H-pyrrole nitrogens is 1. The topological polar surface area (TPSA) is 75.6 Å². The van der Waals surface area contributed by atoms with Crippen molar-refractivity contribution >= 4 is 28.4 Å². The minimum Gasteiger partial charge on any atom is -0.361 e. The third-order valence-electron chi connectivity index (χ3n) is 4.44. The molecule has 0 saturated heterocycles. The van der Waals surface area contributed by atoms with Gasteiger partial charge in [0, 0.05) is 28.7 Å². The van der Waals surface area contributed by atoms with E-state index < -0.39 is 0 Å². The van der Waals surface area contributed by atoms with Crippen LogP contribution < -0.4 is 5.32 Å². The molecule has 0 aliphatic rings. The highest BCUT2D eigenvalue weighted by molar-refractivity contribution is 6.31. The highest BCUT2D eigenvalue weighted by Gasteiger charge is 2.14. The van der Waals surface area contributed by atoms with Crippen molar-refractivity contribution in [3.63, 3.8) is 0 Å². The van der Waals surface area contributed by atoms with Crippen LogP contribution in [-0.2, 0) is 6.42 Å². The molecule has 2 aromatic carbocycles. The summed E-state index contributed by atoms with van der Waals surface area (Å²) < 4.78 is 0. The van der Waals surface area contributed by atoms with E-state index in [-0.39, 0.29) is 5.91 Å². The van der Waals surface area contributed by atoms with Crippen molar-refractivity contribution in [2.75, 3.05) is 6.54 Å². The van der Waals surface area contributed by atoms with Gasteiger partial charge in [-0.2, -0.15) is 15.0 Å². The second-order valence-corrected chi connectivity index (χ2v) is 6.79. The number of carbonyl (C=O) groups excluding carboxylic acids is 1. The van der Waals surface area contributed by atoms with Gasteiger partial charge in [0.05, 0.1) is 23.6 Å². The number of halogens is 1. The van der Waals surface area contributed by atoms with E-state index >= 15 is 0 Å². The van der Waals surface area contributed by atoms with Crippen LogP contribution in [0.3, 0.4) is 0 Å². The first-order valence-electron chi connectivity index (χ1n) is 8.63. The molecule has 2 aromatic heterocycles. The van der Waals surface area contributed by atoms with E-state index in [4.69, 9.17) is 11.6 Å². The van der Waals surface area contributed by atoms with Crippen LogP contribution in [0.15, 0.2) is 55.0 Å². The molecule has 0 radical (unpaired) electrons. The molecule has 0 saturated carbocycles. The Morgan fingerprint density at radius 2 is 2.00 bits per heavy atom. The summed E-state index contributed by atoms with van der Waals surface area (Å²) in [5, 5.41) is 13.0. The summed E-state index contributed by atoms with van der Waals surface area (Å²) in [5.74, 6) is -0.149. The molecule has 0 aliphatic carbocycles. The predicted octanol–water partition coefficient (Wildman–Crippen LogP) is 3.68. The Kier molecular flexibility index (Phi) is 4.64. The molecule has 0 atom stereocenters. The van der Waals surface area contributed by atoms with Crippen LogP contribution in [-0.4, -0.2) is 32.4 Å². The lowest BCUT2D eigenvalue weighted by Crippen LogP contribution is -2.27. The van der Waals surface area contributed by atoms with Crippen molar-refractivity contribution in [1.29, 1.82) is 0 Å². The maximum atomic E-state index is 12.8. The molecular formula is C20H18ClN5O. The number of aromatic nitrogens is 4. The van der Waals surface area contributed by atoms with Crippen LogP contribution in [0.4, 0.5) is 0 Å². The number of nitrogens with zero attached hydrogens (tertiary/aromatic N) is 3. The van der Waals surface area contributed by atoms with Gasteiger partial charge >= 0.3 is 0 Å². The third kappa shape index (κ3) is 3.57. The highest BCUT2D eigenvalue weighted by atomic mass is 35.5. The molecule has 2 N–H and O–H groups in total. The SMILES string of the molecule is Cc1ccc(-n2nccn2)c(C(=O)NCCc2c[nH]c3ccc(Cl)cc23)c1. The Morgan fingerprint density at radius 1 is 1.19 bits per heavy atom. The molecule has 2 heterocycles. The van der Waals surface area contributed by atoms with E-state index in [1.165, 1.54) is 4.80 Å². The number of fused-ring (bicyclic) bond motifs is 1. The minimum atomic E-state index is -0.149. The molecule has 0 unspecified atom stereocenters. The lowest BCUT2D eigenvalue weighted by molar-refractivity contribution is 0.0953. The first kappa shape index (κ1) is 17.3. The van der Waals surface area contributed by atoms with Gasteiger partial charge in [-0.15, -0.1) is 0 Å². The minimum absolute atomic E-state index is 0.149. The van der Waals surface area contributed by atoms with E-state index in [0.717, 1.165) is 22.0 Å². The van der Waals surface area contributed by atoms with Crippen molar-refractivity contribution < 1.29 is 4.79 Å². The van der Waals surface area contributed by atoms with Gasteiger partial charge in [0.1, 0.15) is 0 Å². The van der Waals surface area contributed by atoms with Gasteiger partial charge in [-0.25, -0.2) is 0 Å². The standard InChI is InChI=1S/C20H18ClN5O/c1-13-2-5-19(26-24-8-9-25-26)17(10-13)20(27)22-7-6-14-12-23-18-4-3-15(21)11-16(14)18/h2-5,8-12,23H,6-7H2,1H3,(H,22,27). The predicted molar refractivity (Wildman–Crippen MR) is 105 cm³/mol. The van der Waals surface area contributed by atoms with Crippen molar-refractivity contribution in [3.05, 3.63) is 76.7 Å². The summed E-state index contributed by atoms with van der Waals surface area (Å²) in [6, 6.07) is 11.4. The Morgan fingerprint density at radius 3 is 2.81 bits per heavy atom. The summed E-state index contributed by atoms with van der Waals surface area (Å²) in [7, 11) is 0. The number of amides is 1. The lowest BCUT2D eigenvalue weighted by atomic mass is 10.1. The number of aromatic amines is 1. The fourth-order valence-electron chi connectivity index (χ4n) is 3.11. The fraction of sp³-hybridized carbons (Fsp3) is 0.150. The monoisotopic (exact) mass is 379 g/mol. The molecule has 1 amide bonds. The van der Waals surface area contributed by atoms with Crippen molar-refractivity contribution in [2.24, 2.45) is 0 Å². The summed E-state index contributed by atoms with van der Waals surface area (Å²) in [4.78, 5) is 17.4. The van der Waals surface area contributed by atoms with Crippen LogP contribution in [0.2, 0.25) is 5.02 Å². The Bertz CT molecular complexity index is 1100. The van der Waals surface area contributed by atoms with Gasteiger partial charge in [-0.3, -0.25) is 4.79 Å². The number of hydrogen-bond donors (Lipinski definition) is 2. The number of carbonyl (C=O) groups is 1. The van der Waals surface area contributed by atoms with Crippen LogP contribution >= 0.6 is 11.6 Å². The van der Waals surface area contributed by atoms with Crippen LogP contribution in [0.5, 0.6) is 0 Å². The number of nitrogens with one attached hydrogen (secondary N) is 2. The lowest BCUT2D eigenvalue weighted by Gasteiger charge is -2.10. The van der Waals surface area contributed by atoms with Crippen LogP contribution in [0.1, 0.15) is 21.5 Å². The van der Waals surface area contributed by atoms with Crippen LogP contribution in [0.25, 0.3) is 16.6 Å². The maximum Gasteiger partial charge on any atom is 0.253 e. The van der Waals surface area contributed by atoms with Crippen molar-refractivity contribution in [1.82, 2.24) is 25.3 Å². The van der Waals surface area contributed by atoms with Gasteiger partial charge < -0.3 is 10.3 Å². The second kappa shape index (κ2) is 7.25. The number of benzene rings is 2. The van der Waals surface area contributed by atoms with Crippen LogP contribution in [0, 0.1) is 6.92 Å². The zero-order chi connectivity index (χ0) is 18.8. The zero-order valence-electron chi connectivity index (χ0n) is 14.7. The second-order valence-electron chi connectivity index (χ2n) is 6.35. The Labute approximate surface area is 161 Å².